The van der Waals surface area contributed by atoms with Crippen LogP contribution in [0.5, 0.6) is 0 Å². The van der Waals surface area contributed by atoms with Crippen molar-refractivity contribution >= 4 is 6.09 Å². The summed E-state index contributed by atoms with van der Waals surface area (Å²) < 4.78 is 19.8. The van der Waals surface area contributed by atoms with Gasteiger partial charge in [-0.3, -0.25) is 0 Å². The van der Waals surface area contributed by atoms with Gasteiger partial charge in [0.2, 0.25) is 0 Å². The Hall–Kier alpha value is -2.44. The highest BCUT2D eigenvalue weighted by atomic mass is 19.1. The van der Waals surface area contributed by atoms with Crippen LogP contribution >= 0.6 is 0 Å². The van der Waals surface area contributed by atoms with E-state index in [1.165, 1.54) is 13.2 Å². The zero-order valence-electron chi connectivity index (χ0n) is 18.4. The number of hydrogen-bond acceptors (Lipinski definition) is 4. The van der Waals surface area contributed by atoms with Crippen molar-refractivity contribution in [1.29, 1.82) is 0 Å². The summed E-state index contributed by atoms with van der Waals surface area (Å²) in [6, 6.07) is 12.8. The molecule has 2 atom stereocenters. The Labute approximate surface area is 184 Å². The van der Waals surface area contributed by atoms with Crippen LogP contribution in [-0.2, 0) is 16.8 Å². The number of carbonyl (C=O) groups is 1. The molecule has 2 aromatic carbocycles. The second-order valence-corrected chi connectivity index (χ2v) is 8.21. The summed E-state index contributed by atoms with van der Waals surface area (Å²) in [7, 11) is 1.32. The van der Waals surface area contributed by atoms with Gasteiger partial charge in [0, 0.05) is 24.6 Å². The van der Waals surface area contributed by atoms with Crippen LogP contribution < -0.4 is 10.6 Å². The molecular formula is C25H33FN2O3. The van der Waals surface area contributed by atoms with Crippen LogP contribution in [0.4, 0.5) is 9.18 Å². The fourth-order valence-electron chi connectivity index (χ4n) is 4.56. The molecule has 1 aliphatic heterocycles. The van der Waals surface area contributed by atoms with Gasteiger partial charge in [-0.25, -0.2) is 9.18 Å². The Morgan fingerprint density at radius 1 is 1.32 bits per heavy atom. The van der Waals surface area contributed by atoms with E-state index in [4.69, 9.17) is 0 Å². The van der Waals surface area contributed by atoms with Crippen LogP contribution in [0.25, 0.3) is 11.1 Å². The summed E-state index contributed by atoms with van der Waals surface area (Å²) in [6.07, 6.45) is 3.14. The summed E-state index contributed by atoms with van der Waals surface area (Å²) in [5, 5.41) is 18.1. The molecule has 5 nitrogen and oxygen atoms in total. The topological polar surface area (TPSA) is 70.6 Å². The minimum absolute atomic E-state index is 0.0470. The summed E-state index contributed by atoms with van der Waals surface area (Å²) in [5.74, 6) is -0.380. The van der Waals surface area contributed by atoms with E-state index in [9.17, 15) is 9.90 Å². The third kappa shape index (κ3) is 5.43. The van der Waals surface area contributed by atoms with Gasteiger partial charge in [0.05, 0.1) is 12.7 Å². The molecule has 0 saturated carbocycles. The number of piperidine rings is 1. The first-order valence-corrected chi connectivity index (χ1v) is 11.1. The van der Waals surface area contributed by atoms with E-state index in [1.807, 2.05) is 30.3 Å². The van der Waals surface area contributed by atoms with E-state index >= 15 is 4.39 Å². The fourth-order valence-corrected chi connectivity index (χ4v) is 4.56. The summed E-state index contributed by atoms with van der Waals surface area (Å²) in [6.45, 7) is 4.04. The third-order valence-electron chi connectivity index (χ3n) is 6.27. The Balaban J connectivity index is 2.00. The van der Waals surface area contributed by atoms with E-state index in [0.717, 1.165) is 36.9 Å². The number of amides is 1. The maximum absolute atomic E-state index is 15.2. The molecule has 3 rings (SSSR count). The van der Waals surface area contributed by atoms with Crippen LogP contribution in [0.1, 0.15) is 43.7 Å². The molecule has 3 N–H and O–H groups in total. The lowest BCUT2D eigenvalue weighted by atomic mass is 9.72. The number of methoxy groups -OCH3 is 1. The van der Waals surface area contributed by atoms with Gasteiger partial charge in [-0.1, -0.05) is 43.3 Å². The standard InChI is InChI=1S/C25H33FN2O3/c1-3-18-8-4-9-19(16-18)23-21(11-5-12-22(23)26)25(30,20-10-6-14-27-17-20)13-7-15-28-24(29)31-2/h4-5,8-9,11-12,16,20,27,30H,3,6-7,10,13-15,17H2,1-2H3,(H,28,29)/t20-,25-/m1/s1. The lowest BCUT2D eigenvalue weighted by Crippen LogP contribution is -2.45. The Kier molecular flexibility index (Phi) is 8.04. The lowest BCUT2D eigenvalue weighted by Gasteiger charge is -2.40. The van der Waals surface area contributed by atoms with E-state index in [1.54, 1.807) is 6.07 Å². The van der Waals surface area contributed by atoms with Crippen LogP contribution in [0.2, 0.25) is 0 Å². The number of hydrogen-bond donors (Lipinski definition) is 3. The van der Waals surface area contributed by atoms with E-state index in [2.05, 4.69) is 22.3 Å². The van der Waals surface area contributed by atoms with Gasteiger partial charge >= 0.3 is 6.09 Å². The van der Waals surface area contributed by atoms with Gasteiger partial charge in [-0.2, -0.15) is 0 Å². The van der Waals surface area contributed by atoms with Crippen molar-refractivity contribution in [3.05, 3.63) is 59.4 Å². The largest absolute Gasteiger partial charge is 0.453 e. The lowest BCUT2D eigenvalue weighted by molar-refractivity contribution is -0.0417. The quantitative estimate of drug-likeness (QED) is 0.546. The molecule has 168 valence electrons. The predicted molar refractivity (Wildman–Crippen MR) is 120 cm³/mol. The van der Waals surface area contributed by atoms with Gasteiger partial charge in [-0.15, -0.1) is 0 Å². The van der Waals surface area contributed by atoms with Gasteiger partial charge in [0.25, 0.3) is 0 Å². The first-order chi connectivity index (χ1) is 15.0. The summed E-state index contributed by atoms with van der Waals surface area (Å²) >= 11 is 0. The number of aryl methyl sites for hydroxylation is 1. The molecule has 0 spiro atoms. The monoisotopic (exact) mass is 428 g/mol. The molecule has 31 heavy (non-hydrogen) atoms. The Morgan fingerprint density at radius 3 is 2.84 bits per heavy atom. The van der Waals surface area contributed by atoms with Crippen LogP contribution in [0.15, 0.2) is 42.5 Å². The first-order valence-electron chi connectivity index (χ1n) is 11.1. The number of rotatable bonds is 8. The van der Waals surface area contributed by atoms with Gasteiger partial charge in [0.1, 0.15) is 5.82 Å². The molecule has 0 radical (unpaired) electrons. The number of aliphatic hydroxyl groups is 1. The van der Waals surface area contributed by atoms with Gasteiger partial charge in [0.15, 0.2) is 0 Å². The molecule has 1 amide bonds. The third-order valence-corrected chi connectivity index (χ3v) is 6.27. The molecule has 0 aromatic heterocycles. The van der Waals surface area contributed by atoms with Crippen molar-refractivity contribution in [1.82, 2.24) is 10.6 Å². The zero-order chi connectivity index (χ0) is 22.3. The van der Waals surface area contributed by atoms with Crippen LogP contribution in [0.3, 0.4) is 0 Å². The number of nitrogens with one attached hydrogen (secondary N) is 2. The molecule has 0 aliphatic carbocycles. The SMILES string of the molecule is CCc1cccc(-c2c(F)cccc2[C@@](O)(CCCNC(=O)OC)[C@@H]2CCCNC2)c1. The molecule has 1 aliphatic rings. The number of halogens is 1. The number of carbonyl (C=O) groups excluding carboxylic acids is 1. The minimum Gasteiger partial charge on any atom is -0.453 e. The second-order valence-electron chi connectivity index (χ2n) is 8.21. The fraction of sp³-hybridized carbons (Fsp3) is 0.480. The van der Waals surface area contributed by atoms with E-state index in [0.29, 0.717) is 37.1 Å². The predicted octanol–water partition coefficient (Wildman–Crippen LogP) is 4.38. The van der Waals surface area contributed by atoms with Crippen molar-refractivity contribution in [2.75, 3.05) is 26.7 Å². The second kappa shape index (κ2) is 10.7. The van der Waals surface area contributed by atoms with Crippen molar-refractivity contribution in [2.24, 2.45) is 5.92 Å². The minimum atomic E-state index is -1.22. The molecule has 6 heteroatoms. The van der Waals surface area contributed by atoms with E-state index < -0.39 is 11.7 Å². The van der Waals surface area contributed by atoms with Crippen molar-refractivity contribution in [3.63, 3.8) is 0 Å². The summed E-state index contributed by atoms with van der Waals surface area (Å²) in [5.41, 5.74) is 1.77. The highest BCUT2D eigenvalue weighted by Gasteiger charge is 2.40. The van der Waals surface area contributed by atoms with Gasteiger partial charge in [-0.05, 0) is 61.4 Å². The number of alkyl carbamates (subject to hydrolysis) is 1. The average Bonchev–Trinajstić information content (AvgIpc) is 2.81. The number of benzene rings is 2. The molecule has 1 heterocycles. The Bertz CT molecular complexity index is 883. The van der Waals surface area contributed by atoms with Crippen molar-refractivity contribution < 1.29 is 19.0 Å². The maximum Gasteiger partial charge on any atom is 0.406 e. The summed E-state index contributed by atoms with van der Waals surface area (Å²) in [4.78, 5) is 11.4. The highest BCUT2D eigenvalue weighted by Crippen LogP contribution is 2.43. The molecule has 0 bridgehead atoms. The maximum atomic E-state index is 15.2. The van der Waals surface area contributed by atoms with Crippen LogP contribution in [0, 0.1) is 11.7 Å². The Morgan fingerprint density at radius 2 is 2.13 bits per heavy atom. The first kappa shape index (κ1) is 23.2. The average molecular weight is 429 g/mol. The zero-order valence-corrected chi connectivity index (χ0v) is 18.4. The molecular weight excluding hydrogens is 395 g/mol. The number of ether oxygens (including phenoxy) is 1. The van der Waals surface area contributed by atoms with Crippen molar-refractivity contribution in [2.45, 2.75) is 44.6 Å². The van der Waals surface area contributed by atoms with E-state index in [-0.39, 0.29) is 11.7 Å². The molecule has 1 fully saturated rings. The normalized spacial score (nSPS) is 18.3. The van der Waals surface area contributed by atoms with Gasteiger partial charge < -0.3 is 20.5 Å². The highest BCUT2D eigenvalue weighted by molar-refractivity contribution is 5.70. The molecule has 2 aromatic rings. The molecule has 1 saturated heterocycles. The molecule has 0 unspecified atom stereocenters. The van der Waals surface area contributed by atoms with Crippen molar-refractivity contribution in [3.8, 4) is 11.1 Å². The van der Waals surface area contributed by atoms with Crippen LogP contribution in [-0.4, -0.2) is 37.9 Å². The smallest absolute Gasteiger partial charge is 0.406 e.